The minimum Gasteiger partial charge on any atom is -0.459 e. The van der Waals surface area contributed by atoms with E-state index in [4.69, 9.17) is 9.15 Å². The van der Waals surface area contributed by atoms with Crippen molar-refractivity contribution >= 4 is 23.4 Å². The third-order valence-corrected chi connectivity index (χ3v) is 4.52. The molecular weight excluding hydrogens is 322 g/mol. The summed E-state index contributed by atoms with van der Waals surface area (Å²) in [6, 6.07) is 19.3. The molecule has 1 atom stereocenters. The number of para-hydroxylation sites is 1. The van der Waals surface area contributed by atoms with E-state index in [9.17, 15) is 0 Å². The predicted molar refractivity (Wildman–Crippen MR) is 98.9 cm³/mol. The fourth-order valence-electron chi connectivity index (χ4n) is 3.28. The van der Waals surface area contributed by atoms with Crippen LogP contribution in [0.2, 0.25) is 0 Å². The Morgan fingerprint density at radius 2 is 1.67 bits per heavy atom. The van der Waals surface area contributed by atoms with Crippen LogP contribution in [-0.2, 0) is 4.74 Å². The summed E-state index contributed by atoms with van der Waals surface area (Å²) in [7, 11) is 0. The summed E-state index contributed by atoms with van der Waals surface area (Å²) in [6.45, 7) is 5.53. The van der Waals surface area contributed by atoms with E-state index in [1.165, 1.54) is 11.1 Å². The fourth-order valence-corrected chi connectivity index (χ4v) is 3.28. The molecule has 0 amide bonds. The Morgan fingerprint density at radius 1 is 0.958 bits per heavy atom. The predicted octanol–water partition coefficient (Wildman–Crippen LogP) is 4.58. The van der Waals surface area contributed by atoms with E-state index in [1.807, 2.05) is 12.1 Å². The zero-order valence-electron chi connectivity index (χ0n) is 13.8. The maximum Gasteiger partial charge on any atom is 0.134 e. The van der Waals surface area contributed by atoms with Crippen LogP contribution in [0.4, 0.5) is 0 Å². The van der Waals surface area contributed by atoms with Gasteiger partial charge in [0.05, 0.1) is 19.3 Å². The van der Waals surface area contributed by atoms with E-state index in [2.05, 4.69) is 54.3 Å². The summed E-state index contributed by atoms with van der Waals surface area (Å²) < 4.78 is 11.7. The maximum atomic E-state index is 6.19. The van der Waals surface area contributed by atoms with Crippen LogP contribution in [0.1, 0.15) is 22.9 Å². The van der Waals surface area contributed by atoms with Crippen molar-refractivity contribution in [1.82, 2.24) is 4.90 Å². The first-order chi connectivity index (χ1) is 11.3. The average Bonchev–Trinajstić information content (AvgIpc) is 3.01. The molecule has 126 valence electrons. The lowest BCUT2D eigenvalue weighted by atomic mass is 10.0. The van der Waals surface area contributed by atoms with Crippen LogP contribution in [-0.4, -0.2) is 31.2 Å². The Hall–Kier alpha value is -1.81. The molecule has 4 rings (SSSR count). The first-order valence-electron chi connectivity index (χ1n) is 8.18. The lowest BCUT2D eigenvalue weighted by molar-refractivity contribution is 0.0204. The summed E-state index contributed by atoms with van der Waals surface area (Å²) in [6.07, 6.45) is 0. The fraction of sp³-hybridized carbons (Fsp3) is 0.300. The van der Waals surface area contributed by atoms with Crippen LogP contribution >= 0.6 is 12.4 Å². The average molecular weight is 344 g/mol. The van der Waals surface area contributed by atoms with E-state index >= 15 is 0 Å². The second-order valence-corrected chi connectivity index (χ2v) is 6.15. The minimum atomic E-state index is 0. The molecule has 0 bridgehead atoms. The third kappa shape index (κ3) is 3.34. The lowest BCUT2D eigenvalue weighted by Crippen LogP contribution is -2.39. The molecule has 24 heavy (non-hydrogen) atoms. The summed E-state index contributed by atoms with van der Waals surface area (Å²) >= 11 is 0. The summed E-state index contributed by atoms with van der Waals surface area (Å²) in [5, 5.41) is 1.16. The molecule has 3 nitrogen and oxygen atoms in total. The molecule has 1 fully saturated rings. The molecular formula is C20H22ClNO2. The van der Waals surface area contributed by atoms with Gasteiger partial charge in [0.1, 0.15) is 11.3 Å². The molecule has 1 unspecified atom stereocenters. The molecule has 2 aromatic carbocycles. The number of hydrogen-bond acceptors (Lipinski definition) is 3. The van der Waals surface area contributed by atoms with Gasteiger partial charge in [-0.3, -0.25) is 4.90 Å². The number of rotatable bonds is 3. The highest BCUT2D eigenvalue weighted by atomic mass is 35.5. The van der Waals surface area contributed by atoms with Gasteiger partial charge in [0.2, 0.25) is 0 Å². The molecule has 1 aliphatic heterocycles. The highest BCUT2D eigenvalue weighted by molar-refractivity contribution is 5.85. The molecule has 3 aromatic rings. The van der Waals surface area contributed by atoms with Crippen LogP contribution in [0, 0.1) is 6.92 Å². The topological polar surface area (TPSA) is 25.6 Å². The summed E-state index contributed by atoms with van der Waals surface area (Å²) in [4.78, 5) is 2.45. The van der Waals surface area contributed by atoms with Crippen molar-refractivity contribution in [3.05, 3.63) is 71.5 Å². The van der Waals surface area contributed by atoms with Crippen LogP contribution in [0.25, 0.3) is 11.0 Å². The minimum absolute atomic E-state index is 0. The number of furan rings is 1. The highest BCUT2D eigenvalue weighted by Crippen LogP contribution is 2.33. The summed E-state index contributed by atoms with van der Waals surface area (Å²) in [5.41, 5.74) is 3.50. The van der Waals surface area contributed by atoms with Crippen molar-refractivity contribution in [3.63, 3.8) is 0 Å². The first-order valence-corrected chi connectivity index (χ1v) is 8.18. The van der Waals surface area contributed by atoms with E-state index in [-0.39, 0.29) is 18.4 Å². The van der Waals surface area contributed by atoms with Crippen molar-refractivity contribution in [1.29, 1.82) is 0 Å². The largest absolute Gasteiger partial charge is 0.459 e. The molecule has 4 heteroatoms. The monoisotopic (exact) mass is 343 g/mol. The van der Waals surface area contributed by atoms with Gasteiger partial charge in [-0.25, -0.2) is 0 Å². The third-order valence-electron chi connectivity index (χ3n) is 4.52. The summed E-state index contributed by atoms with van der Waals surface area (Å²) in [5.74, 6) is 1.01. The molecule has 1 aromatic heterocycles. The van der Waals surface area contributed by atoms with Crippen molar-refractivity contribution in [2.24, 2.45) is 0 Å². The lowest BCUT2D eigenvalue weighted by Gasteiger charge is -2.33. The standard InChI is InChI=1S/C20H21NO2.ClH/c1-15-6-8-16(9-7-15)20(21-10-12-22-13-11-21)19-14-17-4-2-3-5-18(17)23-19;/h2-9,14,20H,10-13H2,1H3;1H. The quantitative estimate of drug-likeness (QED) is 0.695. The molecule has 0 spiro atoms. The number of morpholine rings is 1. The number of fused-ring (bicyclic) bond motifs is 1. The Bertz CT molecular complexity index is 758. The van der Waals surface area contributed by atoms with Gasteiger partial charge in [0.25, 0.3) is 0 Å². The van der Waals surface area contributed by atoms with Gasteiger partial charge in [-0.15, -0.1) is 12.4 Å². The molecule has 1 aliphatic rings. The van der Waals surface area contributed by atoms with Crippen LogP contribution in [0.5, 0.6) is 0 Å². The van der Waals surface area contributed by atoms with Gasteiger partial charge in [0.15, 0.2) is 0 Å². The van der Waals surface area contributed by atoms with Gasteiger partial charge in [-0.05, 0) is 24.6 Å². The second-order valence-electron chi connectivity index (χ2n) is 6.15. The van der Waals surface area contributed by atoms with Crippen molar-refractivity contribution in [3.8, 4) is 0 Å². The van der Waals surface area contributed by atoms with Gasteiger partial charge in [0, 0.05) is 18.5 Å². The van der Waals surface area contributed by atoms with Gasteiger partial charge in [-0.2, -0.15) is 0 Å². The van der Waals surface area contributed by atoms with Crippen molar-refractivity contribution in [2.45, 2.75) is 13.0 Å². The number of benzene rings is 2. The van der Waals surface area contributed by atoms with Gasteiger partial charge < -0.3 is 9.15 Å². The smallest absolute Gasteiger partial charge is 0.134 e. The maximum absolute atomic E-state index is 6.19. The Kier molecular flexibility index (Phi) is 5.24. The van der Waals surface area contributed by atoms with Crippen LogP contribution < -0.4 is 0 Å². The number of halogens is 1. The molecule has 1 saturated heterocycles. The number of aryl methyl sites for hydroxylation is 1. The van der Waals surface area contributed by atoms with E-state index in [1.54, 1.807) is 0 Å². The van der Waals surface area contributed by atoms with Crippen LogP contribution in [0.3, 0.4) is 0 Å². The van der Waals surface area contributed by atoms with E-state index < -0.39 is 0 Å². The van der Waals surface area contributed by atoms with Gasteiger partial charge >= 0.3 is 0 Å². The molecule has 0 aliphatic carbocycles. The van der Waals surface area contributed by atoms with E-state index in [0.717, 1.165) is 43.0 Å². The molecule has 0 N–H and O–H groups in total. The Balaban J connectivity index is 0.00000169. The van der Waals surface area contributed by atoms with Crippen LogP contribution in [0.15, 0.2) is 59.0 Å². The molecule has 0 saturated carbocycles. The normalized spacial score (nSPS) is 16.7. The molecule has 0 radical (unpaired) electrons. The zero-order valence-corrected chi connectivity index (χ0v) is 14.6. The number of ether oxygens (including phenoxy) is 1. The zero-order chi connectivity index (χ0) is 15.6. The van der Waals surface area contributed by atoms with E-state index in [0.29, 0.717) is 0 Å². The SMILES string of the molecule is Cc1ccc(C(c2cc3ccccc3o2)N2CCOCC2)cc1.Cl. The Morgan fingerprint density at radius 3 is 2.38 bits per heavy atom. The van der Waals surface area contributed by atoms with Crippen molar-refractivity contribution < 1.29 is 9.15 Å². The first kappa shape index (κ1) is 17.0. The molecule has 2 heterocycles. The number of nitrogens with zero attached hydrogens (tertiary/aromatic N) is 1. The van der Waals surface area contributed by atoms with Crippen molar-refractivity contribution in [2.75, 3.05) is 26.3 Å². The van der Waals surface area contributed by atoms with Gasteiger partial charge in [-0.1, -0.05) is 48.0 Å². The Labute approximate surface area is 148 Å². The highest BCUT2D eigenvalue weighted by Gasteiger charge is 2.27. The number of hydrogen-bond donors (Lipinski definition) is 0. The second kappa shape index (κ2) is 7.39.